The number of nitrogens with one attached hydrogen (secondary N) is 1. The fourth-order valence-electron chi connectivity index (χ4n) is 4.87. The van der Waals surface area contributed by atoms with Crippen LogP contribution in [0.15, 0.2) is 24.3 Å². The second-order valence-corrected chi connectivity index (χ2v) is 11.0. The number of aliphatic hydroxyl groups is 1. The third kappa shape index (κ3) is 5.48. The van der Waals surface area contributed by atoms with Crippen molar-refractivity contribution in [2.75, 3.05) is 64.1 Å². The molecule has 2 saturated heterocycles. The summed E-state index contributed by atoms with van der Waals surface area (Å²) in [6.07, 6.45) is 2.23. The number of thiazole rings is 1. The molecule has 0 saturated carbocycles. The van der Waals surface area contributed by atoms with Crippen molar-refractivity contribution in [3.05, 3.63) is 35.1 Å². The fraction of sp³-hybridized carbons (Fsp3) is 0.423. The van der Waals surface area contributed by atoms with Crippen LogP contribution in [0.4, 0.5) is 15.3 Å². The number of hydrogen-bond acceptors (Lipinski definition) is 10. The second kappa shape index (κ2) is 11.5. The maximum atomic E-state index is 16.0. The van der Waals surface area contributed by atoms with Crippen LogP contribution in [0.2, 0.25) is 5.02 Å². The number of aromatic nitrogens is 3. The molecule has 2 aromatic heterocycles. The van der Waals surface area contributed by atoms with Gasteiger partial charge in [-0.25, -0.2) is 9.37 Å². The Balaban J connectivity index is 0.000000433. The van der Waals surface area contributed by atoms with Gasteiger partial charge in [0.1, 0.15) is 11.3 Å². The van der Waals surface area contributed by atoms with Gasteiger partial charge in [0, 0.05) is 42.7 Å². The van der Waals surface area contributed by atoms with Crippen LogP contribution < -0.4 is 20.7 Å². The Morgan fingerprint density at radius 1 is 1.18 bits per heavy atom. The SMILES string of the molecule is CN1CCCC1.COc1nc(N2CCNCC(O)C2)c2cc(Cl)c(-c3cccc4sc(N)nc34)c(F)c2n1. The normalized spacial score (nSPS) is 18.4. The van der Waals surface area contributed by atoms with Gasteiger partial charge in [0.25, 0.3) is 0 Å². The predicted octanol–water partition coefficient (Wildman–Crippen LogP) is 3.77. The fourth-order valence-corrected chi connectivity index (χ4v) is 5.92. The van der Waals surface area contributed by atoms with Crippen molar-refractivity contribution >= 4 is 55.0 Å². The smallest absolute Gasteiger partial charge is 0.318 e. The molecule has 2 fully saturated rings. The third-order valence-corrected chi connectivity index (χ3v) is 7.88. The van der Waals surface area contributed by atoms with E-state index in [1.165, 1.54) is 44.4 Å². The average molecular weight is 560 g/mol. The number of nitrogens with two attached hydrogens (primary N) is 1. The number of hydrogen-bond donors (Lipinski definition) is 3. The number of β-amino-alcohol motifs (C(OH)–C–C–N with tert-alkyl or cyclic N) is 1. The Hall–Kier alpha value is -2.83. The number of anilines is 2. The van der Waals surface area contributed by atoms with Crippen molar-refractivity contribution in [1.29, 1.82) is 0 Å². The van der Waals surface area contributed by atoms with Gasteiger partial charge in [-0.15, -0.1) is 0 Å². The number of nitrogen functional groups attached to an aromatic ring is 1. The van der Waals surface area contributed by atoms with E-state index in [1.807, 2.05) is 17.0 Å². The summed E-state index contributed by atoms with van der Waals surface area (Å²) >= 11 is 7.96. The molecule has 38 heavy (non-hydrogen) atoms. The number of aliphatic hydroxyl groups excluding tert-OH is 1. The lowest BCUT2D eigenvalue weighted by Crippen LogP contribution is -2.33. The minimum absolute atomic E-state index is 0.0301. The van der Waals surface area contributed by atoms with E-state index in [-0.39, 0.29) is 22.1 Å². The quantitative estimate of drug-likeness (QED) is 0.345. The number of nitrogens with zero attached hydrogens (tertiary/aromatic N) is 5. The number of para-hydroxylation sites is 1. The summed E-state index contributed by atoms with van der Waals surface area (Å²) in [6, 6.07) is 7.13. The Kier molecular flexibility index (Phi) is 8.10. The van der Waals surface area contributed by atoms with Gasteiger partial charge < -0.3 is 30.7 Å². The number of fused-ring (bicyclic) bond motifs is 2. The van der Waals surface area contributed by atoms with Gasteiger partial charge in [-0.05, 0) is 45.1 Å². The van der Waals surface area contributed by atoms with Crippen LogP contribution in [0.5, 0.6) is 6.01 Å². The van der Waals surface area contributed by atoms with Gasteiger partial charge in [0.05, 0.1) is 28.5 Å². The molecule has 2 aliphatic heterocycles. The topological polar surface area (TPSA) is 113 Å². The van der Waals surface area contributed by atoms with Crippen molar-refractivity contribution in [3.63, 3.8) is 0 Å². The highest BCUT2D eigenvalue weighted by Gasteiger charge is 2.25. The molecule has 2 aromatic carbocycles. The summed E-state index contributed by atoms with van der Waals surface area (Å²) in [4.78, 5) is 17.4. The molecule has 0 spiro atoms. The minimum Gasteiger partial charge on any atom is -0.467 e. The first kappa shape index (κ1) is 26.8. The second-order valence-electron chi connectivity index (χ2n) is 9.50. The Morgan fingerprint density at radius 3 is 2.68 bits per heavy atom. The first-order valence-electron chi connectivity index (χ1n) is 12.6. The summed E-state index contributed by atoms with van der Waals surface area (Å²) < 4.78 is 22.1. The van der Waals surface area contributed by atoms with E-state index in [1.54, 1.807) is 12.1 Å². The minimum atomic E-state index is -0.596. The lowest BCUT2D eigenvalue weighted by Gasteiger charge is -2.25. The highest BCUT2D eigenvalue weighted by molar-refractivity contribution is 7.22. The third-order valence-electron chi connectivity index (χ3n) is 6.73. The highest BCUT2D eigenvalue weighted by Crippen LogP contribution is 2.41. The molecule has 9 nitrogen and oxygen atoms in total. The van der Waals surface area contributed by atoms with E-state index in [0.29, 0.717) is 53.6 Å². The lowest BCUT2D eigenvalue weighted by molar-refractivity contribution is 0.184. The van der Waals surface area contributed by atoms with Crippen LogP contribution in [0.1, 0.15) is 12.8 Å². The van der Waals surface area contributed by atoms with Crippen molar-refractivity contribution in [2.24, 2.45) is 0 Å². The van der Waals surface area contributed by atoms with Crippen LogP contribution in [0.25, 0.3) is 32.2 Å². The summed E-state index contributed by atoms with van der Waals surface area (Å²) in [5.74, 6) is -0.139. The first-order valence-corrected chi connectivity index (χ1v) is 13.8. The van der Waals surface area contributed by atoms with Crippen LogP contribution in [-0.2, 0) is 0 Å². The zero-order valence-electron chi connectivity index (χ0n) is 21.4. The van der Waals surface area contributed by atoms with E-state index < -0.39 is 11.9 Å². The number of methoxy groups -OCH3 is 1. The summed E-state index contributed by atoms with van der Waals surface area (Å²) in [7, 11) is 3.60. The molecule has 4 aromatic rings. The molecule has 12 heteroatoms. The molecule has 6 rings (SSSR count). The Bertz CT molecular complexity index is 1450. The highest BCUT2D eigenvalue weighted by atomic mass is 35.5. The first-order chi connectivity index (χ1) is 18.4. The van der Waals surface area contributed by atoms with Gasteiger partial charge in [-0.3, -0.25) is 0 Å². The van der Waals surface area contributed by atoms with E-state index >= 15 is 4.39 Å². The van der Waals surface area contributed by atoms with Crippen molar-refractivity contribution < 1.29 is 14.2 Å². The van der Waals surface area contributed by atoms with Crippen molar-refractivity contribution in [1.82, 2.24) is 25.2 Å². The van der Waals surface area contributed by atoms with Crippen LogP contribution >= 0.6 is 22.9 Å². The van der Waals surface area contributed by atoms with Gasteiger partial charge in [-0.1, -0.05) is 35.1 Å². The number of benzene rings is 2. The molecule has 0 bridgehead atoms. The molecule has 1 unspecified atom stereocenters. The molecule has 0 radical (unpaired) electrons. The van der Waals surface area contributed by atoms with Crippen LogP contribution in [-0.4, -0.2) is 84.5 Å². The van der Waals surface area contributed by atoms with Crippen LogP contribution in [0, 0.1) is 5.82 Å². The number of ether oxygens (including phenoxy) is 1. The maximum Gasteiger partial charge on any atom is 0.318 e. The molecule has 0 aliphatic carbocycles. The Labute approximate surface area is 229 Å². The number of halogens is 2. The number of rotatable bonds is 3. The van der Waals surface area contributed by atoms with E-state index in [2.05, 4.69) is 32.2 Å². The zero-order chi connectivity index (χ0) is 26.8. The van der Waals surface area contributed by atoms with E-state index in [4.69, 9.17) is 22.1 Å². The molecule has 1 atom stereocenters. The lowest BCUT2D eigenvalue weighted by atomic mass is 10.0. The van der Waals surface area contributed by atoms with Crippen molar-refractivity contribution in [2.45, 2.75) is 18.9 Å². The zero-order valence-corrected chi connectivity index (χ0v) is 22.9. The maximum absolute atomic E-state index is 16.0. The standard InChI is InChI=1S/C21H20ClFN6O2S.C5H11N/c1-31-21-27-18-12(19(28-21)29-6-5-25-8-10(30)9-29)7-13(22)15(16(18)23)11-3-2-4-14-17(11)26-20(24)32-14;1-6-4-2-3-5-6/h2-4,7,10,25,30H,5-6,8-9H2,1H3,(H2,24,26);2-5H2,1H3. The molecule has 0 amide bonds. The summed E-state index contributed by atoms with van der Waals surface area (Å²) in [5.41, 5.74) is 7.27. The molecule has 2 aliphatic rings. The molecular formula is C26H31ClFN7O2S. The molecule has 4 heterocycles. The van der Waals surface area contributed by atoms with Gasteiger partial charge in [-0.2, -0.15) is 9.97 Å². The number of likely N-dealkylation sites (tertiary alicyclic amines) is 1. The van der Waals surface area contributed by atoms with Gasteiger partial charge in [0.2, 0.25) is 0 Å². The largest absolute Gasteiger partial charge is 0.467 e. The van der Waals surface area contributed by atoms with E-state index in [0.717, 1.165) is 4.70 Å². The monoisotopic (exact) mass is 559 g/mol. The van der Waals surface area contributed by atoms with Crippen LogP contribution in [0.3, 0.4) is 0 Å². The Morgan fingerprint density at radius 2 is 1.97 bits per heavy atom. The van der Waals surface area contributed by atoms with Crippen molar-refractivity contribution in [3.8, 4) is 17.1 Å². The molecule has 202 valence electrons. The summed E-state index contributed by atoms with van der Waals surface area (Å²) in [5, 5.41) is 14.4. The van der Waals surface area contributed by atoms with E-state index in [9.17, 15) is 5.11 Å². The van der Waals surface area contributed by atoms with Gasteiger partial charge in [0.15, 0.2) is 10.9 Å². The predicted molar refractivity (Wildman–Crippen MR) is 152 cm³/mol. The molecule has 4 N–H and O–H groups in total. The summed E-state index contributed by atoms with van der Waals surface area (Å²) in [6.45, 7) is 4.66. The van der Waals surface area contributed by atoms with Gasteiger partial charge >= 0.3 is 6.01 Å². The average Bonchev–Trinajstić information content (AvgIpc) is 3.47. The molecular weight excluding hydrogens is 529 g/mol.